The molecular formula is C19H25N5O2. The molecule has 0 radical (unpaired) electrons. The molecule has 0 unspecified atom stereocenters. The van der Waals surface area contributed by atoms with E-state index in [1.165, 1.54) is 25.6 Å². The lowest BCUT2D eigenvalue weighted by molar-refractivity contribution is -0.146. The van der Waals surface area contributed by atoms with E-state index in [1.807, 2.05) is 6.92 Å². The molecule has 5 rings (SSSR count). The van der Waals surface area contributed by atoms with Gasteiger partial charge in [-0.05, 0) is 44.9 Å². The van der Waals surface area contributed by atoms with Crippen LogP contribution in [0.3, 0.4) is 0 Å². The average molecular weight is 355 g/mol. The van der Waals surface area contributed by atoms with E-state index in [9.17, 15) is 4.79 Å². The molecule has 7 nitrogen and oxygen atoms in total. The van der Waals surface area contributed by atoms with Crippen molar-refractivity contribution in [2.75, 3.05) is 31.1 Å². The van der Waals surface area contributed by atoms with Gasteiger partial charge in [-0.1, -0.05) is 11.6 Å². The van der Waals surface area contributed by atoms with Gasteiger partial charge in [-0.2, -0.15) is 4.98 Å². The Kier molecular flexibility index (Phi) is 3.65. The van der Waals surface area contributed by atoms with Crippen molar-refractivity contribution in [2.24, 2.45) is 11.3 Å². The summed E-state index contributed by atoms with van der Waals surface area (Å²) in [4.78, 5) is 26.4. The number of fused-ring (bicyclic) bond motifs is 1. The van der Waals surface area contributed by atoms with Gasteiger partial charge in [-0.25, -0.2) is 4.98 Å². The van der Waals surface area contributed by atoms with Crippen LogP contribution < -0.4 is 4.90 Å². The maximum atomic E-state index is 13.3. The number of anilines is 1. The molecule has 1 spiro atoms. The number of carbonyl (C=O) groups is 1. The van der Waals surface area contributed by atoms with Crippen LogP contribution in [-0.4, -0.2) is 52.1 Å². The molecule has 1 amide bonds. The number of amides is 1. The second-order valence-electron chi connectivity index (χ2n) is 8.25. The first-order chi connectivity index (χ1) is 12.7. The Morgan fingerprint density at radius 3 is 2.92 bits per heavy atom. The SMILES string of the molecule is Cc1noc2ncnc(N3CC[C@@]4(CCCN(CC5CCC5)C4=O)C3)c12. The number of hydrogen-bond donors (Lipinski definition) is 0. The lowest BCUT2D eigenvalue weighted by Crippen LogP contribution is -2.51. The van der Waals surface area contributed by atoms with Gasteiger partial charge in [0.1, 0.15) is 17.5 Å². The third-order valence-corrected chi connectivity index (χ3v) is 6.60. The molecule has 4 heterocycles. The molecule has 2 aromatic rings. The molecule has 138 valence electrons. The van der Waals surface area contributed by atoms with Crippen LogP contribution in [0, 0.1) is 18.3 Å². The number of piperidine rings is 1. The van der Waals surface area contributed by atoms with Gasteiger partial charge in [-0.15, -0.1) is 0 Å². The first-order valence-electron chi connectivity index (χ1n) is 9.78. The highest BCUT2D eigenvalue weighted by molar-refractivity contribution is 5.90. The Bertz CT molecular complexity index is 846. The highest BCUT2D eigenvalue weighted by Gasteiger charge is 2.49. The molecule has 2 aliphatic heterocycles. The third kappa shape index (κ3) is 2.40. The van der Waals surface area contributed by atoms with Crippen molar-refractivity contribution in [3.8, 4) is 0 Å². The van der Waals surface area contributed by atoms with Crippen LogP contribution in [0.15, 0.2) is 10.9 Å². The maximum Gasteiger partial charge on any atom is 0.263 e. The summed E-state index contributed by atoms with van der Waals surface area (Å²) in [6, 6.07) is 0. The van der Waals surface area contributed by atoms with E-state index in [2.05, 4.69) is 24.9 Å². The fraction of sp³-hybridized carbons (Fsp3) is 0.684. The van der Waals surface area contributed by atoms with E-state index >= 15 is 0 Å². The molecule has 0 aromatic carbocycles. The van der Waals surface area contributed by atoms with E-state index in [0.717, 1.165) is 68.3 Å². The molecule has 3 aliphatic rings. The van der Waals surface area contributed by atoms with Crippen LogP contribution in [0.25, 0.3) is 11.1 Å². The summed E-state index contributed by atoms with van der Waals surface area (Å²) >= 11 is 0. The number of nitrogens with zero attached hydrogens (tertiary/aromatic N) is 5. The summed E-state index contributed by atoms with van der Waals surface area (Å²) in [6.45, 7) is 5.39. The fourth-order valence-corrected chi connectivity index (χ4v) is 4.89. The number of likely N-dealkylation sites (tertiary alicyclic amines) is 1. The minimum absolute atomic E-state index is 0.246. The summed E-state index contributed by atoms with van der Waals surface area (Å²) in [7, 11) is 0. The summed E-state index contributed by atoms with van der Waals surface area (Å²) in [5, 5.41) is 4.90. The highest BCUT2D eigenvalue weighted by atomic mass is 16.5. The van der Waals surface area contributed by atoms with Gasteiger partial charge in [-0.3, -0.25) is 4.79 Å². The first-order valence-corrected chi connectivity index (χ1v) is 9.78. The number of carbonyl (C=O) groups excluding carboxylic acids is 1. The van der Waals surface area contributed by atoms with Crippen LogP contribution in [0.4, 0.5) is 5.82 Å². The van der Waals surface area contributed by atoms with Crippen LogP contribution >= 0.6 is 0 Å². The molecule has 2 aromatic heterocycles. The summed E-state index contributed by atoms with van der Waals surface area (Å²) < 4.78 is 5.28. The Balaban J connectivity index is 1.40. The Labute approximate surface area is 152 Å². The van der Waals surface area contributed by atoms with Crippen LogP contribution in [0.1, 0.15) is 44.2 Å². The number of hydrogen-bond acceptors (Lipinski definition) is 6. The zero-order chi connectivity index (χ0) is 17.7. The predicted octanol–water partition coefficient (Wildman–Crippen LogP) is 2.55. The van der Waals surface area contributed by atoms with Crippen molar-refractivity contribution in [2.45, 2.75) is 45.4 Å². The van der Waals surface area contributed by atoms with Crippen LogP contribution in [-0.2, 0) is 4.79 Å². The van der Waals surface area contributed by atoms with Gasteiger partial charge in [0.25, 0.3) is 5.71 Å². The molecule has 0 bridgehead atoms. The largest absolute Gasteiger partial charge is 0.355 e. The quantitative estimate of drug-likeness (QED) is 0.842. The Morgan fingerprint density at radius 2 is 2.12 bits per heavy atom. The zero-order valence-electron chi connectivity index (χ0n) is 15.3. The zero-order valence-corrected chi connectivity index (χ0v) is 15.3. The second kappa shape index (κ2) is 5.93. The molecule has 7 heteroatoms. The molecule has 2 saturated heterocycles. The molecule has 26 heavy (non-hydrogen) atoms. The van der Waals surface area contributed by atoms with E-state index in [-0.39, 0.29) is 5.41 Å². The van der Waals surface area contributed by atoms with E-state index in [4.69, 9.17) is 4.52 Å². The van der Waals surface area contributed by atoms with Gasteiger partial charge < -0.3 is 14.3 Å². The van der Waals surface area contributed by atoms with Crippen molar-refractivity contribution in [1.82, 2.24) is 20.0 Å². The second-order valence-corrected chi connectivity index (χ2v) is 8.25. The van der Waals surface area contributed by atoms with Crippen molar-refractivity contribution >= 4 is 22.8 Å². The first kappa shape index (κ1) is 16.0. The fourth-order valence-electron chi connectivity index (χ4n) is 4.89. The summed E-state index contributed by atoms with van der Waals surface area (Å²) in [6.07, 6.45) is 8.43. The third-order valence-electron chi connectivity index (χ3n) is 6.60. The van der Waals surface area contributed by atoms with Gasteiger partial charge in [0, 0.05) is 26.2 Å². The van der Waals surface area contributed by atoms with Crippen molar-refractivity contribution in [3.63, 3.8) is 0 Å². The van der Waals surface area contributed by atoms with Gasteiger partial charge in [0.15, 0.2) is 0 Å². The lowest BCUT2D eigenvalue weighted by atomic mass is 9.77. The lowest BCUT2D eigenvalue weighted by Gasteiger charge is -2.42. The van der Waals surface area contributed by atoms with Crippen molar-refractivity contribution < 1.29 is 9.32 Å². The smallest absolute Gasteiger partial charge is 0.263 e. The minimum Gasteiger partial charge on any atom is -0.355 e. The molecule has 1 saturated carbocycles. The van der Waals surface area contributed by atoms with E-state index in [1.54, 1.807) is 0 Å². The molecule has 1 atom stereocenters. The van der Waals surface area contributed by atoms with Crippen LogP contribution in [0.5, 0.6) is 0 Å². The topological polar surface area (TPSA) is 75.4 Å². The van der Waals surface area contributed by atoms with Gasteiger partial charge in [0.05, 0.1) is 11.1 Å². The molecule has 1 aliphatic carbocycles. The maximum absolute atomic E-state index is 13.3. The molecule has 3 fully saturated rings. The van der Waals surface area contributed by atoms with Crippen LogP contribution in [0.2, 0.25) is 0 Å². The Morgan fingerprint density at radius 1 is 1.23 bits per heavy atom. The normalized spacial score (nSPS) is 26.9. The predicted molar refractivity (Wildman–Crippen MR) is 96.8 cm³/mol. The minimum atomic E-state index is -0.246. The highest BCUT2D eigenvalue weighted by Crippen LogP contribution is 2.43. The monoisotopic (exact) mass is 355 g/mol. The van der Waals surface area contributed by atoms with Crippen molar-refractivity contribution in [3.05, 3.63) is 12.0 Å². The van der Waals surface area contributed by atoms with E-state index < -0.39 is 0 Å². The van der Waals surface area contributed by atoms with Gasteiger partial charge in [0.2, 0.25) is 5.91 Å². The molecule has 0 N–H and O–H groups in total. The number of rotatable bonds is 3. The summed E-state index contributed by atoms with van der Waals surface area (Å²) in [5.41, 5.74) is 1.08. The standard InChI is InChI=1S/C19H25N5O2/c1-13-15-16(20-12-21-17(15)26-22-13)24-9-7-19(11-24)6-3-8-23(18(19)25)10-14-4-2-5-14/h12,14H,2-11H2,1H3/t19-/m0/s1. The summed E-state index contributed by atoms with van der Waals surface area (Å²) in [5.74, 6) is 1.95. The van der Waals surface area contributed by atoms with Crippen molar-refractivity contribution in [1.29, 1.82) is 0 Å². The molecular weight excluding hydrogens is 330 g/mol. The number of aryl methyl sites for hydroxylation is 1. The Hall–Kier alpha value is -2.18. The number of aromatic nitrogens is 3. The average Bonchev–Trinajstić information content (AvgIpc) is 3.20. The van der Waals surface area contributed by atoms with Gasteiger partial charge >= 0.3 is 0 Å². The van der Waals surface area contributed by atoms with E-state index in [0.29, 0.717) is 11.6 Å².